The lowest BCUT2D eigenvalue weighted by Gasteiger charge is -2.03. The first kappa shape index (κ1) is 11.3. The number of hydrogen-bond acceptors (Lipinski definition) is 2. The standard InChI is InChI=1S/C15H13NO/c16-15(13-9-5-2-6-10-13)14(17)11-12-7-3-1-4-8-12/h1-10,16H,11H2. The first-order valence-corrected chi connectivity index (χ1v) is 5.48. The molecule has 0 amide bonds. The van der Waals surface area contributed by atoms with Crippen molar-refractivity contribution in [2.75, 3.05) is 0 Å². The molecule has 84 valence electrons. The second kappa shape index (κ2) is 5.21. The molecule has 0 spiro atoms. The highest BCUT2D eigenvalue weighted by atomic mass is 16.1. The van der Waals surface area contributed by atoms with Gasteiger partial charge in [-0.1, -0.05) is 60.7 Å². The lowest BCUT2D eigenvalue weighted by atomic mass is 10.0. The van der Waals surface area contributed by atoms with Gasteiger partial charge in [-0.3, -0.25) is 10.2 Å². The molecule has 0 fully saturated rings. The Hall–Kier alpha value is -2.22. The Kier molecular flexibility index (Phi) is 3.46. The predicted molar refractivity (Wildman–Crippen MR) is 68.4 cm³/mol. The highest BCUT2D eigenvalue weighted by molar-refractivity contribution is 6.45. The summed E-state index contributed by atoms with van der Waals surface area (Å²) in [6, 6.07) is 18.6. The van der Waals surface area contributed by atoms with Crippen LogP contribution in [0.5, 0.6) is 0 Å². The van der Waals surface area contributed by atoms with E-state index in [-0.39, 0.29) is 17.9 Å². The summed E-state index contributed by atoms with van der Waals surface area (Å²) in [5.74, 6) is -0.151. The molecule has 2 nitrogen and oxygen atoms in total. The fourth-order valence-corrected chi connectivity index (χ4v) is 1.64. The number of nitrogens with one attached hydrogen (secondary N) is 1. The Bertz CT molecular complexity index is 517. The molecule has 2 heteroatoms. The normalized spacial score (nSPS) is 9.88. The topological polar surface area (TPSA) is 40.9 Å². The van der Waals surface area contributed by atoms with Gasteiger partial charge in [-0.25, -0.2) is 0 Å². The molecule has 0 aliphatic carbocycles. The third-order valence-corrected chi connectivity index (χ3v) is 2.55. The van der Waals surface area contributed by atoms with Gasteiger partial charge in [0.25, 0.3) is 0 Å². The zero-order chi connectivity index (χ0) is 12.1. The molecule has 0 aliphatic heterocycles. The van der Waals surface area contributed by atoms with Crippen molar-refractivity contribution < 1.29 is 4.79 Å². The van der Waals surface area contributed by atoms with Gasteiger partial charge in [0.15, 0.2) is 5.78 Å². The minimum Gasteiger partial charge on any atom is -0.297 e. The van der Waals surface area contributed by atoms with Gasteiger partial charge in [0.05, 0.1) is 0 Å². The number of Topliss-reactive ketones (excluding diaryl/α,β-unsaturated/α-hetero) is 1. The summed E-state index contributed by atoms with van der Waals surface area (Å²) in [5, 5.41) is 7.84. The third kappa shape index (κ3) is 2.88. The number of benzene rings is 2. The average Bonchev–Trinajstić information content (AvgIpc) is 2.40. The van der Waals surface area contributed by atoms with E-state index in [1.807, 2.05) is 48.5 Å². The molecule has 2 aromatic rings. The summed E-state index contributed by atoms with van der Waals surface area (Å²) in [5.41, 5.74) is 1.70. The van der Waals surface area contributed by atoms with Crippen molar-refractivity contribution in [3.05, 3.63) is 71.8 Å². The minimum atomic E-state index is -0.151. The number of rotatable bonds is 4. The molecule has 0 atom stereocenters. The molecule has 0 heterocycles. The monoisotopic (exact) mass is 223 g/mol. The van der Waals surface area contributed by atoms with E-state index in [0.29, 0.717) is 5.56 Å². The number of ketones is 1. The Morgan fingerprint density at radius 1 is 0.882 bits per heavy atom. The van der Waals surface area contributed by atoms with Crippen LogP contribution in [-0.4, -0.2) is 11.5 Å². The lowest BCUT2D eigenvalue weighted by Crippen LogP contribution is -2.16. The smallest absolute Gasteiger partial charge is 0.185 e. The molecule has 0 saturated carbocycles. The second-order valence-corrected chi connectivity index (χ2v) is 3.83. The molecule has 17 heavy (non-hydrogen) atoms. The number of hydrogen-bond donors (Lipinski definition) is 1. The van der Waals surface area contributed by atoms with Gasteiger partial charge in [0.2, 0.25) is 0 Å². The first-order valence-electron chi connectivity index (χ1n) is 5.48. The van der Waals surface area contributed by atoms with Crippen LogP contribution >= 0.6 is 0 Å². The molecule has 0 radical (unpaired) electrons. The second-order valence-electron chi connectivity index (χ2n) is 3.83. The van der Waals surface area contributed by atoms with E-state index in [9.17, 15) is 4.79 Å². The minimum absolute atomic E-state index is 0.0782. The third-order valence-electron chi connectivity index (χ3n) is 2.55. The van der Waals surface area contributed by atoms with Gasteiger partial charge in [-0.05, 0) is 5.56 Å². The van der Waals surface area contributed by atoms with Gasteiger partial charge in [0.1, 0.15) is 5.71 Å². The SMILES string of the molecule is N=C(C(=O)Cc1ccccc1)c1ccccc1. The van der Waals surface area contributed by atoms with E-state index in [4.69, 9.17) is 5.41 Å². The van der Waals surface area contributed by atoms with E-state index in [2.05, 4.69) is 0 Å². The summed E-state index contributed by atoms with van der Waals surface area (Å²) in [6.07, 6.45) is 0.286. The number of carbonyl (C=O) groups is 1. The summed E-state index contributed by atoms with van der Waals surface area (Å²) < 4.78 is 0. The molecule has 0 saturated heterocycles. The average molecular weight is 223 g/mol. The molecule has 2 aromatic carbocycles. The molecule has 0 aliphatic rings. The van der Waals surface area contributed by atoms with Crippen molar-refractivity contribution in [1.82, 2.24) is 0 Å². The lowest BCUT2D eigenvalue weighted by molar-refractivity contribution is -0.112. The van der Waals surface area contributed by atoms with Crippen molar-refractivity contribution in [1.29, 1.82) is 5.41 Å². The maximum absolute atomic E-state index is 11.9. The van der Waals surface area contributed by atoms with E-state index in [1.54, 1.807) is 12.1 Å². The molecule has 1 N–H and O–H groups in total. The van der Waals surface area contributed by atoms with Crippen LogP contribution in [0.4, 0.5) is 0 Å². The van der Waals surface area contributed by atoms with E-state index >= 15 is 0 Å². The molecule has 2 rings (SSSR count). The van der Waals surface area contributed by atoms with Crippen LogP contribution in [0.1, 0.15) is 11.1 Å². The van der Waals surface area contributed by atoms with E-state index in [1.165, 1.54) is 0 Å². The van der Waals surface area contributed by atoms with Gasteiger partial charge in [-0.15, -0.1) is 0 Å². The number of carbonyl (C=O) groups excluding carboxylic acids is 1. The van der Waals surface area contributed by atoms with Crippen molar-refractivity contribution >= 4 is 11.5 Å². The van der Waals surface area contributed by atoms with Crippen molar-refractivity contribution in [2.45, 2.75) is 6.42 Å². The largest absolute Gasteiger partial charge is 0.297 e. The fourth-order valence-electron chi connectivity index (χ4n) is 1.64. The zero-order valence-corrected chi connectivity index (χ0v) is 9.39. The zero-order valence-electron chi connectivity index (χ0n) is 9.39. The highest BCUT2D eigenvalue weighted by Crippen LogP contribution is 2.05. The van der Waals surface area contributed by atoms with Crippen LogP contribution in [0.25, 0.3) is 0 Å². The fraction of sp³-hybridized carbons (Fsp3) is 0.0667. The summed E-state index contributed by atoms with van der Waals surface area (Å²) >= 11 is 0. The maximum atomic E-state index is 11.9. The molecule has 0 bridgehead atoms. The van der Waals surface area contributed by atoms with Gasteiger partial charge >= 0.3 is 0 Å². The Labute approximate surface area is 100 Å². The Morgan fingerprint density at radius 3 is 2.00 bits per heavy atom. The van der Waals surface area contributed by atoms with E-state index in [0.717, 1.165) is 5.56 Å². The van der Waals surface area contributed by atoms with Crippen LogP contribution in [0.15, 0.2) is 60.7 Å². The summed E-state index contributed by atoms with van der Waals surface area (Å²) in [7, 11) is 0. The van der Waals surface area contributed by atoms with Crippen LogP contribution in [0.2, 0.25) is 0 Å². The molecular formula is C15H13NO. The van der Waals surface area contributed by atoms with Crippen molar-refractivity contribution in [3.8, 4) is 0 Å². The first-order chi connectivity index (χ1) is 8.27. The molecular weight excluding hydrogens is 210 g/mol. The highest BCUT2D eigenvalue weighted by Gasteiger charge is 2.11. The van der Waals surface area contributed by atoms with Crippen LogP contribution in [0, 0.1) is 5.41 Å². The maximum Gasteiger partial charge on any atom is 0.185 e. The summed E-state index contributed by atoms with van der Waals surface area (Å²) in [4.78, 5) is 11.9. The van der Waals surface area contributed by atoms with Gasteiger partial charge in [0, 0.05) is 12.0 Å². The molecule has 0 unspecified atom stereocenters. The quantitative estimate of drug-likeness (QED) is 0.795. The molecule has 0 aromatic heterocycles. The van der Waals surface area contributed by atoms with Crippen LogP contribution < -0.4 is 0 Å². The van der Waals surface area contributed by atoms with Crippen molar-refractivity contribution in [2.24, 2.45) is 0 Å². The summed E-state index contributed by atoms with van der Waals surface area (Å²) in [6.45, 7) is 0. The Morgan fingerprint density at radius 2 is 1.41 bits per heavy atom. The van der Waals surface area contributed by atoms with Crippen molar-refractivity contribution in [3.63, 3.8) is 0 Å². The Balaban J connectivity index is 2.09. The van der Waals surface area contributed by atoms with Crippen LogP contribution in [0.3, 0.4) is 0 Å². The van der Waals surface area contributed by atoms with Gasteiger partial charge < -0.3 is 0 Å². The van der Waals surface area contributed by atoms with E-state index < -0.39 is 0 Å². The van der Waals surface area contributed by atoms with Crippen LogP contribution in [-0.2, 0) is 11.2 Å². The van der Waals surface area contributed by atoms with Gasteiger partial charge in [-0.2, -0.15) is 0 Å². The predicted octanol–water partition coefficient (Wildman–Crippen LogP) is 2.87.